The zero-order valence-electron chi connectivity index (χ0n) is 14.4. The van der Waals surface area contributed by atoms with Gasteiger partial charge in [-0.3, -0.25) is 4.79 Å². The summed E-state index contributed by atoms with van der Waals surface area (Å²) >= 11 is 0. The molecule has 0 aliphatic heterocycles. The molecule has 3 aromatic rings. The standard InChI is InChI=1S/C19H21N3O3S/c1-13(14-5-4-6-16(11-14)26(20,24)25)22-19(23)10-9-15-12-21-18-8-3-2-7-17(15)18/h2-8,11-13,21H,9-10H2,1H3,(H,22,23)(H2,20,24,25)/t13-/m1/s1. The second-order valence-electron chi connectivity index (χ2n) is 6.27. The molecule has 1 atom stereocenters. The summed E-state index contributed by atoms with van der Waals surface area (Å²) < 4.78 is 22.9. The van der Waals surface area contributed by atoms with Crippen LogP contribution in [0.5, 0.6) is 0 Å². The van der Waals surface area contributed by atoms with Crippen LogP contribution in [0.15, 0.2) is 59.6 Å². The van der Waals surface area contributed by atoms with Gasteiger partial charge in [0.15, 0.2) is 0 Å². The van der Waals surface area contributed by atoms with E-state index in [9.17, 15) is 13.2 Å². The number of hydrogen-bond donors (Lipinski definition) is 3. The quantitative estimate of drug-likeness (QED) is 0.620. The first-order valence-corrected chi connectivity index (χ1v) is 9.86. The zero-order chi connectivity index (χ0) is 18.7. The smallest absolute Gasteiger partial charge is 0.238 e. The lowest BCUT2D eigenvalue weighted by atomic mass is 10.1. The molecule has 0 spiro atoms. The molecule has 0 radical (unpaired) electrons. The highest BCUT2D eigenvalue weighted by Crippen LogP contribution is 2.20. The average molecular weight is 371 g/mol. The number of benzene rings is 2. The Morgan fingerprint density at radius 2 is 1.96 bits per heavy atom. The lowest BCUT2D eigenvalue weighted by Gasteiger charge is -2.15. The van der Waals surface area contributed by atoms with Crippen molar-refractivity contribution in [3.8, 4) is 0 Å². The molecule has 1 amide bonds. The van der Waals surface area contributed by atoms with Crippen LogP contribution in [-0.2, 0) is 21.2 Å². The van der Waals surface area contributed by atoms with E-state index in [1.54, 1.807) is 12.1 Å². The van der Waals surface area contributed by atoms with Gasteiger partial charge in [0, 0.05) is 23.5 Å². The highest BCUT2D eigenvalue weighted by atomic mass is 32.2. The van der Waals surface area contributed by atoms with Crippen LogP contribution in [0.3, 0.4) is 0 Å². The fourth-order valence-electron chi connectivity index (χ4n) is 2.94. The molecular formula is C19H21N3O3S. The third-order valence-corrected chi connectivity index (χ3v) is 5.27. The molecule has 3 rings (SSSR count). The number of hydrogen-bond acceptors (Lipinski definition) is 3. The van der Waals surface area contributed by atoms with Crippen LogP contribution in [-0.4, -0.2) is 19.3 Å². The van der Waals surface area contributed by atoms with Crippen molar-refractivity contribution in [3.05, 3.63) is 65.9 Å². The van der Waals surface area contributed by atoms with E-state index < -0.39 is 10.0 Å². The molecule has 0 saturated heterocycles. The normalized spacial score (nSPS) is 12.8. The van der Waals surface area contributed by atoms with Gasteiger partial charge in [0.05, 0.1) is 10.9 Å². The highest BCUT2D eigenvalue weighted by Gasteiger charge is 2.14. The maximum Gasteiger partial charge on any atom is 0.238 e. The summed E-state index contributed by atoms with van der Waals surface area (Å²) in [7, 11) is -3.76. The summed E-state index contributed by atoms with van der Waals surface area (Å²) in [6.07, 6.45) is 2.90. The fourth-order valence-corrected chi connectivity index (χ4v) is 3.51. The summed E-state index contributed by atoms with van der Waals surface area (Å²) in [5, 5.41) is 9.18. The van der Waals surface area contributed by atoms with E-state index in [1.165, 1.54) is 12.1 Å². The number of aryl methyl sites for hydroxylation is 1. The Hall–Kier alpha value is -2.64. The molecule has 4 N–H and O–H groups in total. The van der Waals surface area contributed by atoms with Crippen LogP contribution >= 0.6 is 0 Å². The van der Waals surface area contributed by atoms with Gasteiger partial charge < -0.3 is 10.3 Å². The average Bonchev–Trinajstić information content (AvgIpc) is 3.02. The van der Waals surface area contributed by atoms with Crippen LogP contribution < -0.4 is 10.5 Å². The molecule has 0 saturated carbocycles. The van der Waals surface area contributed by atoms with Gasteiger partial charge >= 0.3 is 0 Å². The topological polar surface area (TPSA) is 105 Å². The number of rotatable bonds is 6. The molecule has 0 fully saturated rings. The Balaban J connectivity index is 1.63. The van der Waals surface area contributed by atoms with Crippen LogP contribution in [0.4, 0.5) is 0 Å². The first-order chi connectivity index (χ1) is 12.3. The molecule has 136 valence electrons. The number of fused-ring (bicyclic) bond motifs is 1. The van der Waals surface area contributed by atoms with Crippen molar-refractivity contribution in [2.45, 2.75) is 30.7 Å². The molecule has 0 aliphatic carbocycles. The molecule has 0 unspecified atom stereocenters. The predicted octanol–water partition coefficient (Wildman–Crippen LogP) is 2.63. The van der Waals surface area contributed by atoms with E-state index in [-0.39, 0.29) is 16.8 Å². The summed E-state index contributed by atoms with van der Waals surface area (Å²) in [4.78, 5) is 15.5. The number of carbonyl (C=O) groups is 1. The van der Waals surface area contributed by atoms with Gasteiger partial charge in [-0.15, -0.1) is 0 Å². The van der Waals surface area contributed by atoms with Crippen LogP contribution in [0.1, 0.15) is 30.5 Å². The molecule has 1 aromatic heterocycles. The zero-order valence-corrected chi connectivity index (χ0v) is 15.2. The Morgan fingerprint density at radius 1 is 1.19 bits per heavy atom. The predicted molar refractivity (Wildman–Crippen MR) is 101 cm³/mol. The van der Waals surface area contributed by atoms with Crippen LogP contribution in [0.2, 0.25) is 0 Å². The fraction of sp³-hybridized carbons (Fsp3) is 0.211. The number of sulfonamides is 1. The van der Waals surface area contributed by atoms with Gasteiger partial charge in [0.25, 0.3) is 0 Å². The first kappa shape index (κ1) is 18.2. The minimum atomic E-state index is -3.76. The lowest BCUT2D eigenvalue weighted by molar-refractivity contribution is -0.121. The van der Waals surface area contributed by atoms with Crippen molar-refractivity contribution in [3.63, 3.8) is 0 Å². The molecule has 2 aromatic carbocycles. The molecule has 0 bridgehead atoms. The van der Waals surface area contributed by atoms with Gasteiger partial charge in [0.1, 0.15) is 0 Å². The summed E-state index contributed by atoms with van der Waals surface area (Å²) in [6, 6.07) is 14.0. The summed E-state index contributed by atoms with van der Waals surface area (Å²) in [5.74, 6) is -0.0937. The van der Waals surface area contributed by atoms with Crippen molar-refractivity contribution in [2.75, 3.05) is 0 Å². The maximum atomic E-state index is 12.3. The highest BCUT2D eigenvalue weighted by molar-refractivity contribution is 7.89. The molecule has 7 heteroatoms. The Morgan fingerprint density at radius 3 is 2.73 bits per heavy atom. The first-order valence-electron chi connectivity index (χ1n) is 8.32. The van der Waals surface area contributed by atoms with Gasteiger partial charge in [-0.2, -0.15) is 0 Å². The lowest BCUT2D eigenvalue weighted by Crippen LogP contribution is -2.27. The second-order valence-corrected chi connectivity index (χ2v) is 7.83. The van der Waals surface area contributed by atoms with Gasteiger partial charge in [-0.25, -0.2) is 13.6 Å². The van der Waals surface area contributed by atoms with Crippen molar-refractivity contribution in [1.29, 1.82) is 0 Å². The third kappa shape index (κ3) is 4.12. The van der Waals surface area contributed by atoms with E-state index in [4.69, 9.17) is 5.14 Å². The number of aromatic nitrogens is 1. The summed E-state index contributed by atoms with van der Waals surface area (Å²) in [5.41, 5.74) is 2.84. The Labute approximate surface area is 152 Å². The largest absolute Gasteiger partial charge is 0.361 e. The number of carbonyl (C=O) groups excluding carboxylic acids is 1. The second kappa shape index (κ2) is 7.31. The number of amides is 1. The number of aromatic amines is 1. The number of H-pyrrole nitrogens is 1. The Kier molecular flexibility index (Phi) is 5.11. The molecular weight excluding hydrogens is 350 g/mol. The van der Waals surface area contributed by atoms with Crippen molar-refractivity contribution in [2.24, 2.45) is 5.14 Å². The van der Waals surface area contributed by atoms with E-state index in [0.29, 0.717) is 18.4 Å². The molecule has 1 heterocycles. The van der Waals surface area contributed by atoms with Crippen molar-refractivity contribution in [1.82, 2.24) is 10.3 Å². The number of para-hydroxylation sites is 1. The summed E-state index contributed by atoms with van der Waals surface area (Å²) in [6.45, 7) is 1.81. The molecule has 6 nitrogen and oxygen atoms in total. The SMILES string of the molecule is C[C@@H](NC(=O)CCc1c[nH]c2ccccc12)c1cccc(S(N)(=O)=O)c1. The molecule has 26 heavy (non-hydrogen) atoms. The minimum Gasteiger partial charge on any atom is -0.361 e. The van der Waals surface area contributed by atoms with Gasteiger partial charge in [-0.1, -0.05) is 30.3 Å². The van der Waals surface area contributed by atoms with Crippen molar-refractivity contribution >= 4 is 26.8 Å². The number of primary sulfonamides is 1. The van der Waals surface area contributed by atoms with E-state index >= 15 is 0 Å². The van der Waals surface area contributed by atoms with E-state index in [2.05, 4.69) is 10.3 Å². The van der Waals surface area contributed by atoms with Gasteiger partial charge in [0.2, 0.25) is 15.9 Å². The maximum absolute atomic E-state index is 12.3. The van der Waals surface area contributed by atoms with E-state index in [1.807, 2.05) is 37.4 Å². The number of nitrogens with one attached hydrogen (secondary N) is 2. The van der Waals surface area contributed by atoms with E-state index in [0.717, 1.165) is 16.5 Å². The van der Waals surface area contributed by atoms with Crippen molar-refractivity contribution < 1.29 is 13.2 Å². The van der Waals surface area contributed by atoms with Crippen LogP contribution in [0, 0.1) is 0 Å². The third-order valence-electron chi connectivity index (χ3n) is 4.36. The minimum absolute atomic E-state index is 0.0369. The Bertz CT molecular complexity index is 1040. The van der Waals surface area contributed by atoms with Crippen LogP contribution in [0.25, 0.3) is 10.9 Å². The number of nitrogens with two attached hydrogens (primary N) is 1. The molecule has 0 aliphatic rings. The van der Waals surface area contributed by atoms with Gasteiger partial charge in [-0.05, 0) is 42.7 Å². The monoisotopic (exact) mass is 371 g/mol.